The number of nitrogens with one attached hydrogen (secondary N) is 1. The molecule has 0 saturated carbocycles. The van der Waals surface area contributed by atoms with Crippen LogP contribution in [0.4, 0.5) is 0 Å². The van der Waals surface area contributed by atoms with E-state index in [1.807, 2.05) is 25.1 Å². The molecule has 20 heavy (non-hydrogen) atoms. The van der Waals surface area contributed by atoms with E-state index in [1.54, 1.807) is 6.07 Å². The van der Waals surface area contributed by atoms with E-state index in [0.717, 1.165) is 11.3 Å². The molecule has 0 aliphatic carbocycles. The van der Waals surface area contributed by atoms with E-state index < -0.39 is 0 Å². The van der Waals surface area contributed by atoms with Crippen molar-refractivity contribution in [1.29, 1.82) is 0 Å². The van der Waals surface area contributed by atoms with Gasteiger partial charge in [0, 0.05) is 9.92 Å². The number of aromatic hydroxyl groups is 1. The van der Waals surface area contributed by atoms with Crippen molar-refractivity contribution in [2.45, 2.75) is 30.4 Å². The average molecular weight is 311 g/mol. The molecule has 2 rings (SSSR count). The average Bonchev–Trinajstić information content (AvgIpc) is 2.41. The monoisotopic (exact) mass is 310 g/mol. The van der Waals surface area contributed by atoms with Crippen LogP contribution in [0.1, 0.15) is 24.7 Å². The van der Waals surface area contributed by atoms with Gasteiger partial charge in [-0.3, -0.25) is 4.79 Å². The summed E-state index contributed by atoms with van der Waals surface area (Å²) in [5, 5.41) is 10.4. The molecule has 0 radical (unpaired) electrons. The van der Waals surface area contributed by atoms with Crippen molar-refractivity contribution in [3.8, 4) is 5.88 Å². The molecule has 0 saturated heterocycles. The highest BCUT2D eigenvalue weighted by Crippen LogP contribution is 2.24. The van der Waals surface area contributed by atoms with Crippen LogP contribution in [0.5, 0.6) is 5.88 Å². The second-order valence-corrected chi connectivity index (χ2v) is 5.80. The van der Waals surface area contributed by atoms with Crippen molar-refractivity contribution in [2.24, 2.45) is 0 Å². The first-order valence-electron chi connectivity index (χ1n) is 6.29. The van der Waals surface area contributed by atoms with E-state index in [0.29, 0.717) is 28.6 Å². The minimum Gasteiger partial charge on any atom is -0.493 e. The number of benzene rings is 1. The zero-order chi connectivity index (χ0) is 14.5. The van der Waals surface area contributed by atoms with Crippen LogP contribution < -0.4 is 5.56 Å². The van der Waals surface area contributed by atoms with Crippen molar-refractivity contribution in [1.82, 2.24) is 9.97 Å². The van der Waals surface area contributed by atoms with Crippen LogP contribution in [0.15, 0.2) is 34.0 Å². The standard InChI is InChI=1S/C14H15ClN2O2S/c1-2-4-11-13(18)16-12(17-14(11)19)8-20-10-6-3-5-9(15)7-10/h3,5-7H,2,4,8H2,1H3,(H2,16,17,18,19). The highest BCUT2D eigenvalue weighted by molar-refractivity contribution is 7.98. The fourth-order valence-corrected chi connectivity index (χ4v) is 2.86. The summed E-state index contributed by atoms with van der Waals surface area (Å²) in [5.74, 6) is 0.754. The molecule has 0 atom stereocenters. The lowest BCUT2D eigenvalue weighted by Crippen LogP contribution is -2.16. The molecule has 0 spiro atoms. The number of rotatable bonds is 5. The molecular weight excluding hydrogens is 296 g/mol. The maximum Gasteiger partial charge on any atom is 0.257 e. The zero-order valence-electron chi connectivity index (χ0n) is 11.0. The van der Waals surface area contributed by atoms with Crippen molar-refractivity contribution < 1.29 is 5.11 Å². The van der Waals surface area contributed by atoms with E-state index in [4.69, 9.17) is 11.6 Å². The molecule has 0 fully saturated rings. The lowest BCUT2D eigenvalue weighted by Gasteiger charge is -2.05. The van der Waals surface area contributed by atoms with Gasteiger partial charge >= 0.3 is 0 Å². The van der Waals surface area contributed by atoms with Gasteiger partial charge in [0.05, 0.1) is 11.3 Å². The second kappa shape index (κ2) is 6.81. The number of halogens is 1. The van der Waals surface area contributed by atoms with Crippen LogP contribution in [0.25, 0.3) is 0 Å². The van der Waals surface area contributed by atoms with Crippen LogP contribution in [-0.4, -0.2) is 15.1 Å². The summed E-state index contributed by atoms with van der Waals surface area (Å²) in [6.07, 6.45) is 1.31. The maximum atomic E-state index is 11.8. The number of hydrogen-bond donors (Lipinski definition) is 2. The Balaban J connectivity index is 2.13. The first-order chi connectivity index (χ1) is 9.60. The summed E-state index contributed by atoms with van der Waals surface area (Å²) >= 11 is 7.40. The van der Waals surface area contributed by atoms with Crippen LogP contribution in [0.3, 0.4) is 0 Å². The number of nitrogens with zero attached hydrogens (tertiary/aromatic N) is 1. The topological polar surface area (TPSA) is 66.0 Å². The number of H-pyrrole nitrogens is 1. The third kappa shape index (κ3) is 3.77. The van der Waals surface area contributed by atoms with Crippen LogP contribution in [0, 0.1) is 0 Å². The molecule has 2 N–H and O–H groups in total. The molecular formula is C14H15ClN2O2S. The molecule has 1 aromatic carbocycles. The van der Waals surface area contributed by atoms with Gasteiger partial charge in [0.2, 0.25) is 5.88 Å². The Labute approximate surface area is 126 Å². The third-order valence-electron chi connectivity index (χ3n) is 2.71. The largest absolute Gasteiger partial charge is 0.493 e. The van der Waals surface area contributed by atoms with Crippen LogP contribution >= 0.6 is 23.4 Å². The second-order valence-electron chi connectivity index (χ2n) is 4.31. The Morgan fingerprint density at radius 1 is 1.45 bits per heavy atom. The lowest BCUT2D eigenvalue weighted by atomic mass is 10.2. The summed E-state index contributed by atoms with van der Waals surface area (Å²) in [7, 11) is 0. The zero-order valence-corrected chi connectivity index (χ0v) is 12.6. The van der Waals surface area contributed by atoms with Gasteiger partial charge in [-0.05, 0) is 24.6 Å². The minimum atomic E-state index is -0.263. The summed E-state index contributed by atoms with van der Waals surface area (Å²) < 4.78 is 0. The first-order valence-corrected chi connectivity index (χ1v) is 7.66. The van der Waals surface area contributed by atoms with Crippen molar-refractivity contribution >= 4 is 23.4 Å². The van der Waals surface area contributed by atoms with Crippen molar-refractivity contribution in [3.63, 3.8) is 0 Å². The van der Waals surface area contributed by atoms with E-state index >= 15 is 0 Å². The summed E-state index contributed by atoms with van der Waals surface area (Å²) in [6, 6.07) is 7.44. The lowest BCUT2D eigenvalue weighted by molar-refractivity contribution is 0.440. The molecule has 0 amide bonds. The van der Waals surface area contributed by atoms with Gasteiger partial charge in [0.15, 0.2) is 0 Å². The van der Waals surface area contributed by atoms with Gasteiger partial charge in [-0.15, -0.1) is 11.8 Å². The van der Waals surface area contributed by atoms with E-state index in [2.05, 4.69) is 9.97 Å². The van der Waals surface area contributed by atoms with E-state index in [1.165, 1.54) is 11.8 Å². The molecule has 6 heteroatoms. The molecule has 0 unspecified atom stereocenters. The molecule has 0 aliphatic heterocycles. The van der Waals surface area contributed by atoms with E-state index in [-0.39, 0.29) is 11.4 Å². The van der Waals surface area contributed by atoms with Gasteiger partial charge < -0.3 is 10.1 Å². The molecule has 1 heterocycles. The molecule has 2 aromatic rings. The van der Waals surface area contributed by atoms with Crippen LogP contribution in [-0.2, 0) is 12.2 Å². The predicted molar refractivity (Wildman–Crippen MR) is 81.5 cm³/mol. The minimum absolute atomic E-state index is 0.169. The molecule has 0 bridgehead atoms. The fraction of sp³-hybridized carbons (Fsp3) is 0.286. The molecule has 0 aliphatic rings. The van der Waals surface area contributed by atoms with Crippen molar-refractivity contribution in [2.75, 3.05) is 0 Å². The number of aromatic nitrogens is 2. The molecule has 1 aromatic heterocycles. The van der Waals surface area contributed by atoms with Gasteiger partial charge in [-0.25, -0.2) is 0 Å². The predicted octanol–water partition coefficient (Wildman–Crippen LogP) is 3.37. The summed E-state index contributed by atoms with van der Waals surface area (Å²) in [4.78, 5) is 19.6. The SMILES string of the molecule is CCCc1c(O)nc(CSc2cccc(Cl)c2)[nH]c1=O. The summed E-state index contributed by atoms with van der Waals surface area (Å²) in [5.41, 5.74) is 0.0880. The maximum absolute atomic E-state index is 11.8. The molecule has 106 valence electrons. The Kier molecular flexibility index (Phi) is 5.09. The number of hydrogen-bond acceptors (Lipinski definition) is 4. The van der Waals surface area contributed by atoms with Gasteiger partial charge in [0.1, 0.15) is 5.82 Å². The van der Waals surface area contributed by atoms with Crippen LogP contribution in [0.2, 0.25) is 5.02 Å². The smallest absolute Gasteiger partial charge is 0.257 e. The number of thioether (sulfide) groups is 1. The van der Waals surface area contributed by atoms with Gasteiger partial charge in [0.25, 0.3) is 5.56 Å². The summed E-state index contributed by atoms with van der Waals surface area (Å²) in [6.45, 7) is 1.95. The Morgan fingerprint density at radius 2 is 2.25 bits per heavy atom. The van der Waals surface area contributed by atoms with Gasteiger partial charge in [-0.2, -0.15) is 4.98 Å². The Hall–Kier alpha value is -1.46. The number of aromatic amines is 1. The van der Waals surface area contributed by atoms with Gasteiger partial charge in [-0.1, -0.05) is 31.0 Å². The van der Waals surface area contributed by atoms with Crippen molar-refractivity contribution in [3.05, 3.63) is 51.0 Å². The highest BCUT2D eigenvalue weighted by Gasteiger charge is 2.10. The third-order valence-corrected chi connectivity index (χ3v) is 3.95. The Bertz CT molecular complexity index is 658. The normalized spacial score (nSPS) is 10.7. The molecule has 4 nitrogen and oxygen atoms in total. The first kappa shape index (κ1) is 14.9. The Morgan fingerprint density at radius 3 is 2.90 bits per heavy atom. The quantitative estimate of drug-likeness (QED) is 0.831. The fourth-order valence-electron chi connectivity index (χ4n) is 1.78. The van der Waals surface area contributed by atoms with E-state index in [9.17, 15) is 9.90 Å². The highest BCUT2D eigenvalue weighted by atomic mass is 35.5.